The van der Waals surface area contributed by atoms with Gasteiger partial charge in [0, 0.05) is 18.8 Å². The molecule has 0 heterocycles. The molecule has 0 bridgehead atoms. The van der Waals surface area contributed by atoms with Crippen LogP contribution in [0, 0.1) is 11.8 Å². The van der Waals surface area contributed by atoms with Crippen molar-refractivity contribution in [2.24, 2.45) is 11.8 Å². The van der Waals surface area contributed by atoms with Gasteiger partial charge in [-0.25, -0.2) is 0 Å². The average molecular weight is 229 g/mol. The molecule has 6 atom stereocenters. The number of methoxy groups -OCH3 is 1. The van der Waals surface area contributed by atoms with Crippen LogP contribution in [0.1, 0.15) is 32.6 Å². The van der Waals surface area contributed by atoms with E-state index in [4.69, 9.17) is 4.74 Å². The number of hydrogen-bond acceptors (Lipinski definition) is 2. The summed E-state index contributed by atoms with van der Waals surface area (Å²) in [4.78, 5) is 0. The third-order valence-electron chi connectivity index (χ3n) is 4.22. The van der Waals surface area contributed by atoms with E-state index in [9.17, 15) is 0 Å². The summed E-state index contributed by atoms with van der Waals surface area (Å²) >= 11 is 0. The molecular weight excluding hydrogens is 205 g/mol. The second-order valence-corrected chi connectivity index (χ2v) is 6.01. The number of hydrogen-bond donors (Lipinski definition) is 1. The zero-order valence-electron chi connectivity index (χ0n) is 9.91. The lowest BCUT2D eigenvalue weighted by atomic mass is 9.80. The van der Waals surface area contributed by atoms with E-state index in [0.29, 0.717) is 11.8 Å². The highest BCUT2D eigenvalue weighted by molar-refractivity contribution is 7.17. The maximum absolute atomic E-state index is 5.57. The minimum Gasteiger partial charge on any atom is -0.381 e. The lowest BCUT2D eigenvalue weighted by Crippen LogP contribution is -2.34. The van der Waals surface area contributed by atoms with Gasteiger partial charge in [-0.2, -0.15) is 0 Å². The molecule has 1 N–H and O–H groups in total. The maximum atomic E-state index is 5.57. The molecule has 2 aliphatic rings. The SMILES string of the molecule is CCNC1CC2CC(P)C(OC)CC2C1. The highest BCUT2D eigenvalue weighted by atomic mass is 31.0. The maximum Gasteiger partial charge on any atom is 0.0636 e. The molecule has 2 rings (SSSR count). The number of ether oxygens (including phenoxy) is 1. The van der Waals surface area contributed by atoms with Gasteiger partial charge in [0.05, 0.1) is 6.10 Å². The predicted molar refractivity (Wildman–Crippen MR) is 67.2 cm³/mol. The van der Waals surface area contributed by atoms with Gasteiger partial charge < -0.3 is 10.1 Å². The van der Waals surface area contributed by atoms with E-state index in [0.717, 1.165) is 24.4 Å². The fraction of sp³-hybridized carbons (Fsp3) is 1.00. The Labute approximate surface area is 95.7 Å². The minimum atomic E-state index is 0.483. The van der Waals surface area contributed by atoms with Crippen LogP contribution in [0.15, 0.2) is 0 Å². The number of nitrogens with one attached hydrogen (secondary N) is 1. The zero-order chi connectivity index (χ0) is 10.8. The Kier molecular flexibility index (Phi) is 4.04. The summed E-state index contributed by atoms with van der Waals surface area (Å²) in [6.45, 7) is 3.32. The van der Waals surface area contributed by atoms with Crippen LogP contribution in [0.4, 0.5) is 0 Å². The van der Waals surface area contributed by atoms with Crippen LogP contribution < -0.4 is 5.32 Å². The van der Waals surface area contributed by atoms with Crippen molar-refractivity contribution in [1.29, 1.82) is 0 Å². The van der Waals surface area contributed by atoms with Crippen LogP contribution >= 0.6 is 9.24 Å². The van der Waals surface area contributed by atoms with Gasteiger partial charge >= 0.3 is 0 Å². The molecule has 6 unspecified atom stereocenters. The van der Waals surface area contributed by atoms with E-state index in [1.807, 2.05) is 7.11 Å². The second kappa shape index (κ2) is 5.12. The standard InChI is InChI=1S/C12H24NOP/c1-3-13-10-4-8-6-11(14-2)12(15)7-9(8)5-10/h8-13H,3-7,15H2,1-2H3. The highest BCUT2D eigenvalue weighted by Crippen LogP contribution is 2.44. The normalized spacial score (nSPS) is 45.4. The van der Waals surface area contributed by atoms with Gasteiger partial charge in [0.1, 0.15) is 0 Å². The summed E-state index contributed by atoms with van der Waals surface area (Å²) in [6, 6.07) is 0.776. The molecule has 0 radical (unpaired) electrons. The lowest BCUT2D eigenvalue weighted by molar-refractivity contribution is 0.0421. The summed E-state index contributed by atoms with van der Waals surface area (Å²) in [5.74, 6) is 1.86. The van der Waals surface area contributed by atoms with E-state index in [-0.39, 0.29) is 0 Å². The molecular formula is C12H24NOP. The first-order valence-electron chi connectivity index (χ1n) is 6.26. The van der Waals surface area contributed by atoms with Crippen molar-refractivity contribution in [3.8, 4) is 0 Å². The molecule has 2 aliphatic carbocycles. The van der Waals surface area contributed by atoms with Crippen molar-refractivity contribution in [2.75, 3.05) is 13.7 Å². The van der Waals surface area contributed by atoms with Crippen molar-refractivity contribution < 1.29 is 4.74 Å². The highest BCUT2D eigenvalue weighted by Gasteiger charge is 2.41. The molecule has 0 saturated heterocycles. The summed E-state index contributed by atoms with van der Waals surface area (Å²) in [6.07, 6.45) is 5.86. The fourth-order valence-electron chi connectivity index (χ4n) is 3.49. The summed E-state index contributed by atoms with van der Waals surface area (Å²) < 4.78 is 5.57. The molecule has 0 amide bonds. The van der Waals surface area contributed by atoms with Crippen LogP contribution in [0.3, 0.4) is 0 Å². The molecule has 88 valence electrons. The van der Waals surface area contributed by atoms with Crippen molar-refractivity contribution >= 4 is 9.24 Å². The Morgan fingerprint density at radius 2 is 1.87 bits per heavy atom. The smallest absolute Gasteiger partial charge is 0.0636 e. The third-order valence-corrected chi connectivity index (χ3v) is 4.93. The van der Waals surface area contributed by atoms with Crippen LogP contribution in [0.2, 0.25) is 0 Å². The molecule has 15 heavy (non-hydrogen) atoms. The van der Waals surface area contributed by atoms with Crippen molar-refractivity contribution in [2.45, 2.75) is 50.4 Å². The summed E-state index contributed by atoms with van der Waals surface area (Å²) in [5, 5.41) is 3.60. The molecule has 0 aliphatic heterocycles. The predicted octanol–water partition coefficient (Wildman–Crippen LogP) is 2.04. The van der Waals surface area contributed by atoms with E-state index < -0.39 is 0 Å². The first-order valence-corrected chi connectivity index (χ1v) is 6.93. The monoisotopic (exact) mass is 229 g/mol. The molecule has 0 aromatic heterocycles. The van der Waals surface area contributed by atoms with Gasteiger partial charge in [-0.05, 0) is 44.1 Å². The second-order valence-electron chi connectivity index (χ2n) is 5.16. The van der Waals surface area contributed by atoms with E-state index in [1.165, 1.54) is 25.7 Å². The Morgan fingerprint density at radius 1 is 1.20 bits per heavy atom. The molecule has 0 aromatic carbocycles. The zero-order valence-corrected chi connectivity index (χ0v) is 11.1. The lowest BCUT2D eigenvalue weighted by Gasteiger charge is -2.35. The average Bonchev–Trinajstić information content (AvgIpc) is 2.58. The molecule has 0 spiro atoms. The molecule has 0 aromatic rings. The molecule has 3 heteroatoms. The fourth-order valence-corrected chi connectivity index (χ4v) is 4.15. The summed E-state index contributed by atoms with van der Waals surface area (Å²) in [7, 11) is 4.84. The van der Waals surface area contributed by atoms with Gasteiger partial charge in [0.15, 0.2) is 0 Å². The topological polar surface area (TPSA) is 21.3 Å². The first kappa shape index (κ1) is 11.8. The molecule has 2 fully saturated rings. The van der Waals surface area contributed by atoms with E-state index >= 15 is 0 Å². The van der Waals surface area contributed by atoms with Crippen LogP contribution in [-0.2, 0) is 4.74 Å². The van der Waals surface area contributed by atoms with E-state index in [2.05, 4.69) is 21.5 Å². The van der Waals surface area contributed by atoms with Gasteiger partial charge in [-0.1, -0.05) is 6.92 Å². The summed E-state index contributed by atoms with van der Waals surface area (Å²) in [5.41, 5.74) is 0.677. The van der Waals surface area contributed by atoms with Crippen molar-refractivity contribution in [3.63, 3.8) is 0 Å². The Hall–Kier alpha value is 0.350. The molecule has 2 saturated carbocycles. The Balaban J connectivity index is 1.91. The largest absolute Gasteiger partial charge is 0.381 e. The molecule has 2 nitrogen and oxygen atoms in total. The number of rotatable bonds is 3. The van der Waals surface area contributed by atoms with E-state index in [1.54, 1.807) is 0 Å². The van der Waals surface area contributed by atoms with Crippen molar-refractivity contribution in [1.82, 2.24) is 5.32 Å². The van der Waals surface area contributed by atoms with Crippen LogP contribution in [0.5, 0.6) is 0 Å². The Morgan fingerprint density at radius 3 is 2.47 bits per heavy atom. The Bertz CT molecular complexity index is 212. The third kappa shape index (κ3) is 2.54. The van der Waals surface area contributed by atoms with Gasteiger partial charge in [-0.3, -0.25) is 0 Å². The quantitative estimate of drug-likeness (QED) is 0.748. The first-order chi connectivity index (χ1) is 7.24. The van der Waals surface area contributed by atoms with Crippen molar-refractivity contribution in [3.05, 3.63) is 0 Å². The van der Waals surface area contributed by atoms with Crippen LogP contribution in [0.25, 0.3) is 0 Å². The van der Waals surface area contributed by atoms with Crippen LogP contribution in [-0.4, -0.2) is 31.5 Å². The van der Waals surface area contributed by atoms with Gasteiger partial charge in [0.25, 0.3) is 0 Å². The number of fused-ring (bicyclic) bond motifs is 1. The van der Waals surface area contributed by atoms with Gasteiger partial charge in [-0.15, -0.1) is 9.24 Å². The van der Waals surface area contributed by atoms with Gasteiger partial charge in [0.2, 0.25) is 0 Å². The minimum absolute atomic E-state index is 0.483.